The third-order valence-electron chi connectivity index (χ3n) is 6.73. The molecule has 1 fully saturated rings. The number of para-hydroxylation sites is 1. The van der Waals surface area contributed by atoms with Crippen molar-refractivity contribution in [1.82, 2.24) is 4.90 Å². The van der Waals surface area contributed by atoms with Gasteiger partial charge in [-0.1, -0.05) is 36.4 Å². The molecule has 2 amide bonds. The van der Waals surface area contributed by atoms with E-state index in [1.54, 1.807) is 40.9 Å². The number of fused-ring (bicyclic) bond motifs is 1. The number of hydrogen-bond acceptors (Lipinski definition) is 5. The lowest BCUT2D eigenvalue weighted by Gasteiger charge is -2.36. The Balaban J connectivity index is 1.18. The second-order valence-electron chi connectivity index (χ2n) is 9.12. The summed E-state index contributed by atoms with van der Waals surface area (Å²) in [5.41, 5.74) is 5.06. The molecule has 2 heterocycles. The van der Waals surface area contributed by atoms with Crippen molar-refractivity contribution < 1.29 is 14.0 Å². The van der Waals surface area contributed by atoms with Crippen molar-refractivity contribution in [3.8, 4) is 0 Å². The highest BCUT2D eigenvalue weighted by Gasteiger charge is 2.28. The van der Waals surface area contributed by atoms with Crippen LogP contribution < -0.4 is 15.5 Å². The van der Waals surface area contributed by atoms with E-state index in [2.05, 4.69) is 29.7 Å². The lowest BCUT2D eigenvalue weighted by atomic mass is 10.1. The molecule has 0 bridgehead atoms. The van der Waals surface area contributed by atoms with Crippen LogP contribution in [0.2, 0.25) is 0 Å². The molecule has 0 aliphatic carbocycles. The largest absolute Gasteiger partial charge is 0.371 e. The van der Waals surface area contributed by atoms with Crippen LogP contribution in [-0.2, 0) is 10.5 Å². The summed E-state index contributed by atoms with van der Waals surface area (Å²) in [6.07, 6.45) is 0. The molecular formula is C28H29FN4O2S. The van der Waals surface area contributed by atoms with Crippen LogP contribution in [0.4, 0.5) is 21.5 Å². The maximum Gasteiger partial charge on any atom is 0.254 e. The summed E-state index contributed by atoms with van der Waals surface area (Å²) in [6.45, 7) is 4.25. The number of rotatable bonds is 6. The van der Waals surface area contributed by atoms with Gasteiger partial charge in [-0.05, 0) is 48.4 Å². The Labute approximate surface area is 214 Å². The predicted molar refractivity (Wildman–Crippen MR) is 144 cm³/mol. The number of halogens is 1. The Morgan fingerprint density at radius 2 is 1.75 bits per heavy atom. The SMILES string of the molecule is Cc1ccccc1CSC[C@@H]1Nc2ccc(C(=O)N3CCN(c4ccccc4F)CC3)cc2NC1=O. The number of hydrogen-bond donors (Lipinski definition) is 2. The molecule has 186 valence electrons. The Morgan fingerprint density at radius 1 is 1.00 bits per heavy atom. The number of anilines is 3. The van der Waals surface area contributed by atoms with Crippen LogP contribution >= 0.6 is 11.8 Å². The fourth-order valence-electron chi connectivity index (χ4n) is 4.60. The quantitative estimate of drug-likeness (QED) is 0.507. The Kier molecular flexibility index (Phi) is 7.13. The highest BCUT2D eigenvalue weighted by Crippen LogP contribution is 2.30. The number of benzene rings is 3. The minimum Gasteiger partial charge on any atom is -0.371 e. The van der Waals surface area contributed by atoms with Crippen LogP contribution in [0.5, 0.6) is 0 Å². The summed E-state index contributed by atoms with van der Waals surface area (Å²) >= 11 is 1.72. The second kappa shape index (κ2) is 10.6. The van der Waals surface area contributed by atoms with Crippen molar-refractivity contribution in [2.75, 3.05) is 47.5 Å². The minimum absolute atomic E-state index is 0.0869. The van der Waals surface area contributed by atoms with E-state index in [1.165, 1.54) is 17.2 Å². The summed E-state index contributed by atoms with van der Waals surface area (Å²) in [5, 5.41) is 6.29. The van der Waals surface area contributed by atoms with Crippen molar-refractivity contribution in [3.05, 3.63) is 89.2 Å². The Morgan fingerprint density at radius 3 is 2.53 bits per heavy atom. The van der Waals surface area contributed by atoms with Crippen LogP contribution in [0, 0.1) is 12.7 Å². The van der Waals surface area contributed by atoms with Crippen LogP contribution in [-0.4, -0.2) is 54.7 Å². The summed E-state index contributed by atoms with van der Waals surface area (Å²) in [7, 11) is 0. The molecular weight excluding hydrogens is 475 g/mol. The number of carbonyl (C=O) groups is 2. The van der Waals surface area contributed by atoms with E-state index in [4.69, 9.17) is 0 Å². The van der Waals surface area contributed by atoms with Gasteiger partial charge in [0.25, 0.3) is 5.91 Å². The molecule has 36 heavy (non-hydrogen) atoms. The van der Waals surface area contributed by atoms with Crippen LogP contribution in [0.25, 0.3) is 0 Å². The van der Waals surface area contributed by atoms with Crippen molar-refractivity contribution in [2.24, 2.45) is 0 Å². The van der Waals surface area contributed by atoms with Crippen LogP contribution in [0.1, 0.15) is 21.5 Å². The van der Waals surface area contributed by atoms with Gasteiger partial charge < -0.3 is 20.4 Å². The topological polar surface area (TPSA) is 64.7 Å². The van der Waals surface area contributed by atoms with Gasteiger partial charge in [-0.2, -0.15) is 11.8 Å². The first-order chi connectivity index (χ1) is 17.5. The fourth-order valence-corrected chi connectivity index (χ4v) is 5.73. The molecule has 3 aromatic rings. The first kappa shape index (κ1) is 24.2. The Hall–Kier alpha value is -3.52. The normalized spacial score (nSPS) is 17.3. The van der Waals surface area contributed by atoms with E-state index in [1.807, 2.05) is 29.2 Å². The molecule has 0 aromatic heterocycles. The molecule has 3 aromatic carbocycles. The van der Waals surface area contributed by atoms with Crippen molar-refractivity contribution in [2.45, 2.75) is 18.7 Å². The minimum atomic E-state index is -0.334. The predicted octanol–water partition coefficient (Wildman–Crippen LogP) is 4.76. The van der Waals surface area contributed by atoms with Gasteiger partial charge in [-0.3, -0.25) is 9.59 Å². The van der Waals surface area contributed by atoms with Crippen molar-refractivity contribution in [3.63, 3.8) is 0 Å². The smallest absolute Gasteiger partial charge is 0.254 e. The summed E-state index contributed by atoms with van der Waals surface area (Å²) in [6, 6.07) is 20.0. The molecule has 8 heteroatoms. The molecule has 6 nitrogen and oxygen atoms in total. The Bertz CT molecular complexity index is 1280. The van der Waals surface area contributed by atoms with Gasteiger partial charge in [0.1, 0.15) is 11.9 Å². The molecule has 1 atom stereocenters. The maximum absolute atomic E-state index is 14.1. The van der Waals surface area contributed by atoms with Gasteiger partial charge in [0.05, 0.1) is 17.1 Å². The summed E-state index contributed by atoms with van der Waals surface area (Å²) in [4.78, 5) is 29.6. The zero-order valence-corrected chi connectivity index (χ0v) is 21.0. The molecule has 2 aliphatic heterocycles. The average Bonchev–Trinajstić information content (AvgIpc) is 2.90. The van der Waals surface area contributed by atoms with Gasteiger partial charge in [-0.15, -0.1) is 0 Å². The van der Waals surface area contributed by atoms with E-state index in [0.29, 0.717) is 48.9 Å². The number of carbonyl (C=O) groups excluding carboxylic acids is 2. The van der Waals surface area contributed by atoms with Gasteiger partial charge in [0.15, 0.2) is 0 Å². The monoisotopic (exact) mass is 504 g/mol. The van der Waals surface area contributed by atoms with Crippen LogP contribution in [0.15, 0.2) is 66.7 Å². The lowest BCUT2D eigenvalue weighted by molar-refractivity contribution is -0.116. The first-order valence-electron chi connectivity index (χ1n) is 12.1. The molecule has 2 aliphatic rings. The second-order valence-corrected chi connectivity index (χ2v) is 10.1. The maximum atomic E-state index is 14.1. The van der Waals surface area contributed by atoms with Gasteiger partial charge in [-0.25, -0.2) is 4.39 Å². The van der Waals surface area contributed by atoms with E-state index < -0.39 is 0 Å². The number of nitrogens with one attached hydrogen (secondary N) is 2. The van der Waals surface area contributed by atoms with E-state index in [-0.39, 0.29) is 23.7 Å². The first-order valence-corrected chi connectivity index (χ1v) is 13.3. The lowest BCUT2D eigenvalue weighted by Crippen LogP contribution is -2.49. The molecule has 0 spiro atoms. The number of piperazine rings is 1. The zero-order chi connectivity index (χ0) is 25.1. The third kappa shape index (κ3) is 5.18. The molecule has 0 saturated carbocycles. The van der Waals surface area contributed by atoms with E-state index in [0.717, 1.165) is 11.4 Å². The third-order valence-corrected chi connectivity index (χ3v) is 7.82. The van der Waals surface area contributed by atoms with Gasteiger partial charge in [0, 0.05) is 43.2 Å². The zero-order valence-electron chi connectivity index (χ0n) is 20.2. The van der Waals surface area contributed by atoms with E-state index in [9.17, 15) is 14.0 Å². The van der Waals surface area contributed by atoms with Gasteiger partial charge >= 0.3 is 0 Å². The number of nitrogens with zero attached hydrogens (tertiary/aromatic N) is 2. The van der Waals surface area contributed by atoms with E-state index >= 15 is 0 Å². The molecule has 0 unspecified atom stereocenters. The molecule has 2 N–H and O–H groups in total. The molecule has 5 rings (SSSR count). The molecule has 0 radical (unpaired) electrons. The summed E-state index contributed by atoms with van der Waals surface area (Å²) < 4.78 is 14.1. The van der Waals surface area contributed by atoms with Gasteiger partial charge in [0.2, 0.25) is 5.91 Å². The van der Waals surface area contributed by atoms with Crippen molar-refractivity contribution in [1.29, 1.82) is 0 Å². The number of thioether (sulfide) groups is 1. The van der Waals surface area contributed by atoms with Crippen LogP contribution in [0.3, 0.4) is 0 Å². The fraction of sp³-hybridized carbons (Fsp3) is 0.286. The highest BCUT2D eigenvalue weighted by molar-refractivity contribution is 7.98. The standard InChI is InChI=1S/C28H29FN4O2S/c1-19-6-2-3-7-21(19)17-36-18-25-27(34)31-24-16-20(10-11-23(24)30-25)28(35)33-14-12-32(13-15-33)26-9-5-4-8-22(26)29/h2-11,16,25,30H,12-15,17-18H2,1H3,(H,31,34)/t25-/m0/s1. The molecule has 1 saturated heterocycles. The number of amides is 2. The highest BCUT2D eigenvalue weighted by atomic mass is 32.2. The average molecular weight is 505 g/mol. The summed E-state index contributed by atoms with van der Waals surface area (Å²) in [5.74, 6) is 1.07. The van der Waals surface area contributed by atoms with Crippen molar-refractivity contribution >= 4 is 40.6 Å². The number of aryl methyl sites for hydroxylation is 1.